The predicted molar refractivity (Wildman–Crippen MR) is 101 cm³/mol. The predicted octanol–water partition coefficient (Wildman–Crippen LogP) is 5.41. The Labute approximate surface area is 151 Å². The van der Waals surface area contributed by atoms with E-state index in [4.69, 9.17) is 0 Å². The van der Waals surface area contributed by atoms with E-state index in [9.17, 15) is 5.11 Å². The second-order valence-electron chi connectivity index (χ2n) is 6.38. The number of aliphatic hydroxyl groups excluding tert-OH is 1. The zero-order valence-electron chi connectivity index (χ0n) is 13.3. The number of fused-ring (bicyclic) bond motifs is 2. The number of rotatable bonds is 2. The summed E-state index contributed by atoms with van der Waals surface area (Å²) < 4.78 is 0.995. The molecule has 0 saturated heterocycles. The van der Waals surface area contributed by atoms with E-state index in [0.29, 0.717) is 0 Å². The summed E-state index contributed by atoms with van der Waals surface area (Å²) in [6, 6.07) is 25.1. The van der Waals surface area contributed by atoms with Crippen molar-refractivity contribution in [2.75, 3.05) is 0 Å². The Morgan fingerprint density at radius 1 is 0.792 bits per heavy atom. The quantitative estimate of drug-likeness (QED) is 0.631. The first kappa shape index (κ1) is 15.6. The van der Waals surface area contributed by atoms with Crippen molar-refractivity contribution in [3.63, 3.8) is 0 Å². The maximum Gasteiger partial charge on any atom is 0.0899 e. The van der Waals surface area contributed by atoms with E-state index in [2.05, 4.69) is 64.5 Å². The smallest absolute Gasteiger partial charge is 0.0899 e. The average molecular weight is 379 g/mol. The monoisotopic (exact) mass is 378 g/mol. The van der Waals surface area contributed by atoms with Crippen LogP contribution in [0.5, 0.6) is 0 Å². The number of aryl methyl sites for hydroxylation is 2. The molecular weight excluding hydrogens is 360 g/mol. The van der Waals surface area contributed by atoms with Crippen LogP contribution >= 0.6 is 15.9 Å². The molecule has 4 rings (SSSR count). The van der Waals surface area contributed by atoms with E-state index in [1.165, 1.54) is 22.3 Å². The highest BCUT2D eigenvalue weighted by atomic mass is 79.9. The maximum atomic E-state index is 11.3. The lowest BCUT2D eigenvalue weighted by atomic mass is 9.81. The fraction of sp³-hybridized carbons (Fsp3) is 0.182. The minimum absolute atomic E-state index is 0.0331. The number of hydrogen-bond acceptors (Lipinski definition) is 1. The van der Waals surface area contributed by atoms with Crippen LogP contribution in [-0.2, 0) is 12.8 Å². The van der Waals surface area contributed by atoms with Crippen LogP contribution in [0.1, 0.15) is 39.8 Å². The molecule has 1 atom stereocenters. The van der Waals surface area contributed by atoms with Crippen LogP contribution in [-0.4, -0.2) is 5.11 Å². The molecule has 1 aliphatic carbocycles. The average Bonchev–Trinajstić information content (AvgIpc) is 2.78. The van der Waals surface area contributed by atoms with E-state index >= 15 is 0 Å². The largest absolute Gasteiger partial charge is 0.387 e. The molecule has 0 radical (unpaired) electrons. The van der Waals surface area contributed by atoms with Crippen LogP contribution in [0, 0.1) is 0 Å². The van der Waals surface area contributed by atoms with Crippen LogP contribution in [0.25, 0.3) is 0 Å². The van der Waals surface area contributed by atoms with E-state index in [1.807, 2.05) is 24.3 Å². The molecular formula is C22H19BrO. The first-order valence-corrected chi connectivity index (χ1v) is 9.12. The number of halogens is 1. The van der Waals surface area contributed by atoms with Gasteiger partial charge >= 0.3 is 0 Å². The van der Waals surface area contributed by atoms with Crippen molar-refractivity contribution >= 4 is 15.9 Å². The van der Waals surface area contributed by atoms with Gasteiger partial charge in [-0.2, -0.15) is 0 Å². The number of hydrogen-bond donors (Lipinski definition) is 1. The molecule has 3 aromatic carbocycles. The maximum absolute atomic E-state index is 11.3. The lowest BCUT2D eigenvalue weighted by molar-refractivity contribution is 0.159. The van der Waals surface area contributed by atoms with Gasteiger partial charge in [0.15, 0.2) is 0 Å². The van der Waals surface area contributed by atoms with Gasteiger partial charge in [-0.15, -0.1) is 0 Å². The topological polar surface area (TPSA) is 20.2 Å². The van der Waals surface area contributed by atoms with Crippen LogP contribution in [0.15, 0.2) is 77.3 Å². The summed E-state index contributed by atoms with van der Waals surface area (Å²) >= 11 is 3.52. The first-order valence-electron chi connectivity index (χ1n) is 8.33. The summed E-state index contributed by atoms with van der Waals surface area (Å²) in [5.74, 6) is -0.0331. The van der Waals surface area contributed by atoms with Crippen molar-refractivity contribution in [2.45, 2.75) is 24.9 Å². The third kappa shape index (κ3) is 2.81. The van der Waals surface area contributed by atoms with Crippen molar-refractivity contribution in [3.8, 4) is 0 Å². The molecule has 0 fully saturated rings. The van der Waals surface area contributed by atoms with Gasteiger partial charge in [-0.05, 0) is 52.8 Å². The van der Waals surface area contributed by atoms with Gasteiger partial charge < -0.3 is 5.11 Å². The third-order valence-corrected chi connectivity index (χ3v) is 5.44. The van der Waals surface area contributed by atoms with E-state index in [0.717, 1.165) is 22.9 Å². The Hall–Kier alpha value is -1.90. The molecule has 0 aliphatic heterocycles. The van der Waals surface area contributed by atoms with Gasteiger partial charge in [0, 0.05) is 10.4 Å². The molecule has 3 aromatic rings. The molecule has 0 bridgehead atoms. The van der Waals surface area contributed by atoms with Gasteiger partial charge in [-0.1, -0.05) is 76.6 Å². The van der Waals surface area contributed by atoms with Crippen LogP contribution in [0.2, 0.25) is 0 Å². The molecule has 120 valence electrons. The van der Waals surface area contributed by atoms with Crippen LogP contribution in [0.3, 0.4) is 0 Å². The Morgan fingerprint density at radius 3 is 1.96 bits per heavy atom. The van der Waals surface area contributed by atoms with Gasteiger partial charge in [-0.25, -0.2) is 0 Å². The van der Waals surface area contributed by atoms with E-state index < -0.39 is 6.10 Å². The first-order chi connectivity index (χ1) is 11.7. The third-order valence-electron chi connectivity index (χ3n) is 4.95. The Balaban J connectivity index is 1.89. The highest BCUT2D eigenvalue weighted by molar-refractivity contribution is 9.10. The molecule has 1 unspecified atom stereocenters. The summed E-state index contributed by atoms with van der Waals surface area (Å²) in [5.41, 5.74) is 6.12. The Bertz CT molecular complexity index is 824. The zero-order valence-corrected chi connectivity index (χ0v) is 14.9. The minimum Gasteiger partial charge on any atom is -0.387 e. The lowest BCUT2D eigenvalue weighted by Crippen LogP contribution is -2.14. The van der Waals surface area contributed by atoms with Gasteiger partial charge in [0.05, 0.1) is 6.10 Å². The summed E-state index contributed by atoms with van der Waals surface area (Å²) in [7, 11) is 0. The highest BCUT2D eigenvalue weighted by Gasteiger charge is 2.30. The van der Waals surface area contributed by atoms with Crippen molar-refractivity contribution in [1.29, 1.82) is 0 Å². The summed E-state index contributed by atoms with van der Waals surface area (Å²) in [6.07, 6.45) is 1.48. The molecule has 1 aliphatic rings. The molecule has 0 aromatic heterocycles. The molecule has 0 saturated carbocycles. The van der Waals surface area contributed by atoms with Crippen molar-refractivity contribution in [2.24, 2.45) is 0 Å². The minimum atomic E-state index is -0.567. The fourth-order valence-corrected chi connectivity index (χ4v) is 4.21. The Morgan fingerprint density at radius 2 is 1.38 bits per heavy atom. The van der Waals surface area contributed by atoms with Crippen molar-refractivity contribution < 1.29 is 5.11 Å². The molecule has 1 N–H and O–H groups in total. The van der Waals surface area contributed by atoms with Gasteiger partial charge in [0.25, 0.3) is 0 Å². The van der Waals surface area contributed by atoms with Crippen molar-refractivity contribution in [3.05, 3.63) is 105 Å². The second kappa shape index (κ2) is 6.54. The second-order valence-corrected chi connectivity index (χ2v) is 7.29. The van der Waals surface area contributed by atoms with Crippen LogP contribution in [0.4, 0.5) is 0 Å². The van der Waals surface area contributed by atoms with Gasteiger partial charge in [-0.3, -0.25) is 0 Å². The van der Waals surface area contributed by atoms with Crippen LogP contribution < -0.4 is 0 Å². The Kier molecular flexibility index (Phi) is 4.26. The molecule has 0 amide bonds. The number of benzene rings is 3. The van der Waals surface area contributed by atoms with Crippen molar-refractivity contribution in [1.82, 2.24) is 0 Å². The van der Waals surface area contributed by atoms with Gasteiger partial charge in [0.2, 0.25) is 0 Å². The SMILES string of the molecule is OC(c1cccc(Br)c1)C1c2ccccc2CCc2ccccc21. The summed E-state index contributed by atoms with van der Waals surface area (Å²) in [6.45, 7) is 0. The summed E-state index contributed by atoms with van der Waals surface area (Å²) in [5, 5.41) is 11.3. The molecule has 0 heterocycles. The lowest BCUT2D eigenvalue weighted by Gasteiger charge is -2.26. The number of aliphatic hydroxyl groups is 1. The van der Waals surface area contributed by atoms with E-state index in [1.54, 1.807) is 0 Å². The summed E-state index contributed by atoms with van der Waals surface area (Å²) in [4.78, 5) is 0. The molecule has 24 heavy (non-hydrogen) atoms. The zero-order chi connectivity index (χ0) is 16.5. The molecule has 1 nitrogen and oxygen atoms in total. The normalized spacial score (nSPS) is 15.2. The van der Waals surface area contributed by atoms with E-state index in [-0.39, 0.29) is 5.92 Å². The highest BCUT2D eigenvalue weighted by Crippen LogP contribution is 2.42. The molecule has 2 heteroatoms. The molecule has 0 spiro atoms. The fourth-order valence-electron chi connectivity index (χ4n) is 3.79. The standard InChI is InChI=1S/C22H19BrO/c23-18-9-5-8-17(14-18)22(24)21-19-10-3-1-6-15(19)12-13-16-7-2-4-11-20(16)21/h1-11,14,21-22,24H,12-13H2. The van der Waals surface area contributed by atoms with Gasteiger partial charge in [0.1, 0.15) is 0 Å².